The predicted octanol–water partition coefficient (Wildman–Crippen LogP) is 14.2. The van der Waals surface area contributed by atoms with Crippen molar-refractivity contribution in [1.82, 2.24) is 0 Å². The number of methoxy groups -OCH3 is 6. The number of rotatable bonds is 30. The van der Waals surface area contributed by atoms with Crippen LogP contribution in [0, 0.1) is 71.0 Å². The second-order valence-electron chi connectivity index (χ2n) is 26.4. The van der Waals surface area contributed by atoms with Crippen molar-refractivity contribution in [3.05, 3.63) is 72.9 Å². The first kappa shape index (κ1) is 88.5. The molecule has 4 N–H and O–H groups in total. The minimum Gasteiger partial charge on any atom is -0.469 e. The van der Waals surface area contributed by atoms with E-state index in [0.29, 0.717) is 62.9 Å². The molecular formula is C78H128O18. The van der Waals surface area contributed by atoms with E-state index < -0.39 is 0 Å². The minimum absolute atomic E-state index is 0.0295. The van der Waals surface area contributed by atoms with Gasteiger partial charge in [-0.05, 0) is 200 Å². The lowest BCUT2D eigenvalue weighted by atomic mass is 9.89. The molecule has 0 bridgehead atoms. The third-order valence-electron chi connectivity index (χ3n) is 20.0. The van der Waals surface area contributed by atoms with Crippen molar-refractivity contribution >= 4 is 47.4 Å². The molecule has 0 aromatic carbocycles. The molecule has 548 valence electrons. The number of esters is 6. The zero-order valence-corrected chi connectivity index (χ0v) is 60.9. The molecule has 0 saturated heterocycles. The molecule has 18 nitrogen and oxygen atoms in total. The Bertz CT molecular complexity index is 2120. The van der Waals surface area contributed by atoms with E-state index in [9.17, 15) is 58.8 Å². The Morgan fingerprint density at radius 3 is 0.667 bits per heavy atom. The smallest absolute Gasteiger partial charge is 0.305 e. The highest BCUT2D eigenvalue weighted by Crippen LogP contribution is 2.41. The zero-order chi connectivity index (χ0) is 71.8. The molecule has 6 aliphatic carbocycles. The van der Waals surface area contributed by atoms with Crippen LogP contribution in [0.2, 0.25) is 0 Å². The Labute approximate surface area is 577 Å². The van der Waals surface area contributed by atoms with Gasteiger partial charge in [0, 0.05) is 63.2 Å². The van der Waals surface area contributed by atoms with Gasteiger partial charge in [0.25, 0.3) is 0 Å². The van der Waals surface area contributed by atoms with Gasteiger partial charge >= 0.3 is 35.8 Å². The molecule has 6 aliphatic rings. The van der Waals surface area contributed by atoms with E-state index in [-0.39, 0.29) is 131 Å². The van der Waals surface area contributed by atoms with Crippen LogP contribution in [-0.2, 0) is 66.8 Å². The first-order chi connectivity index (χ1) is 46.1. The summed E-state index contributed by atoms with van der Waals surface area (Å²) >= 11 is 0. The molecule has 0 aliphatic heterocycles. The van der Waals surface area contributed by atoms with E-state index in [0.717, 1.165) is 141 Å². The second kappa shape index (κ2) is 53.4. The summed E-state index contributed by atoms with van der Waals surface area (Å²) < 4.78 is 28.0. The molecule has 0 aromatic heterocycles. The number of ether oxygens (including phenoxy) is 6. The number of aliphatic hydroxyl groups is 4. The highest BCUT2D eigenvalue weighted by Gasteiger charge is 2.40. The Kier molecular flexibility index (Phi) is 49.2. The number of aliphatic hydroxyl groups excluding tert-OH is 4. The lowest BCUT2D eigenvalue weighted by molar-refractivity contribution is -0.143. The van der Waals surface area contributed by atoms with Crippen LogP contribution >= 0.6 is 0 Å². The Balaban J connectivity index is 0.000000576. The average Bonchev–Trinajstić information content (AvgIpc) is 2.14. The molecule has 0 aromatic rings. The fourth-order valence-corrected chi connectivity index (χ4v) is 14.3. The highest BCUT2D eigenvalue weighted by atomic mass is 16.5. The van der Waals surface area contributed by atoms with Crippen molar-refractivity contribution in [2.75, 3.05) is 42.7 Å². The van der Waals surface area contributed by atoms with Gasteiger partial charge in [-0.1, -0.05) is 114 Å². The summed E-state index contributed by atoms with van der Waals surface area (Å²) in [5.41, 5.74) is 0. The van der Waals surface area contributed by atoms with Crippen LogP contribution in [0.5, 0.6) is 0 Å². The summed E-state index contributed by atoms with van der Waals surface area (Å²) in [7, 11) is 8.45. The van der Waals surface area contributed by atoms with Crippen LogP contribution in [-0.4, -0.2) is 135 Å². The molecule has 0 amide bonds. The first-order valence-electron chi connectivity index (χ1n) is 36.2. The van der Waals surface area contributed by atoms with Crippen molar-refractivity contribution in [3.63, 3.8) is 0 Å². The monoisotopic (exact) mass is 1350 g/mol. The van der Waals surface area contributed by atoms with Crippen molar-refractivity contribution in [2.45, 2.75) is 259 Å². The third kappa shape index (κ3) is 35.3. The number of carbonyl (C=O) groups is 8. The predicted molar refractivity (Wildman–Crippen MR) is 375 cm³/mol. The summed E-state index contributed by atoms with van der Waals surface area (Å²) in [6.45, 7) is 12.5. The zero-order valence-electron chi connectivity index (χ0n) is 60.9. The molecule has 6 saturated carbocycles. The maximum Gasteiger partial charge on any atom is 0.305 e. The number of hydrogen-bond acceptors (Lipinski definition) is 18. The molecule has 16 atom stereocenters. The first-order valence-corrected chi connectivity index (χ1v) is 36.2. The maximum atomic E-state index is 11.7. The average molecular weight is 1350 g/mol. The number of hydrogen-bond donors (Lipinski definition) is 4. The Morgan fingerprint density at radius 2 is 0.479 bits per heavy atom. The summed E-state index contributed by atoms with van der Waals surface area (Å²) in [4.78, 5) is 90.6. The van der Waals surface area contributed by atoms with E-state index in [1.165, 1.54) is 42.7 Å². The third-order valence-corrected chi connectivity index (χ3v) is 20.0. The van der Waals surface area contributed by atoms with Crippen LogP contribution < -0.4 is 0 Å². The van der Waals surface area contributed by atoms with Gasteiger partial charge in [-0.15, -0.1) is 0 Å². The van der Waals surface area contributed by atoms with E-state index in [4.69, 9.17) is 0 Å². The molecule has 0 radical (unpaired) electrons. The topological polar surface area (TPSA) is 273 Å². The largest absolute Gasteiger partial charge is 0.469 e. The summed E-state index contributed by atoms with van der Waals surface area (Å²) in [6.07, 6.45) is 47.6. The van der Waals surface area contributed by atoms with Gasteiger partial charge in [-0.2, -0.15) is 0 Å². The molecule has 0 unspecified atom stereocenters. The van der Waals surface area contributed by atoms with Gasteiger partial charge in [0.1, 0.15) is 11.6 Å². The van der Waals surface area contributed by atoms with E-state index in [2.05, 4.69) is 143 Å². The maximum absolute atomic E-state index is 11.7. The van der Waals surface area contributed by atoms with Gasteiger partial charge in [-0.25, -0.2) is 0 Å². The minimum atomic E-state index is -0.254. The summed E-state index contributed by atoms with van der Waals surface area (Å²) in [5, 5.41) is 39.4. The molecule has 96 heavy (non-hydrogen) atoms. The van der Waals surface area contributed by atoms with Crippen LogP contribution in [0.15, 0.2) is 72.9 Å². The van der Waals surface area contributed by atoms with Gasteiger partial charge < -0.3 is 48.8 Å². The molecule has 6 rings (SSSR count). The van der Waals surface area contributed by atoms with Gasteiger partial charge in [0.05, 0.1) is 67.1 Å². The standard InChI is InChI=1S/4C13H22O3.2C13H20O3/c6*1-3-4-5-6-11-10(7-8-12(11)14)9-13(15)16-2/h4*4-5,10-12,14H,3,6-9H2,1-2H3;2*4-5,10-11H,3,6-9H2,1-2H3/b6*5-4-/t10-,11+,12+;10-,11+,12-;10-,11-,12+;10-,11-,12-;10-,11+;10-,11-/m111111/s1. The van der Waals surface area contributed by atoms with E-state index >= 15 is 0 Å². The van der Waals surface area contributed by atoms with Crippen molar-refractivity contribution < 1.29 is 87.2 Å². The van der Waals surface area contributed by atoms with Crippen LogP contribution in [0.3, 0.4) is 0 Å². The number of Topliss-reactive ketones (excluding diaryl/α,β-unsaturated/α-hetero) is 2. The second-order valence-corrected chi connectivity index (χ2v) is 26.4. The van der Waals surface area contributed by atoms with E-state index in [1.807, 2.05) is 0 Å². The normalized spacial score (nSPS) is 28.3. The summed E-state index contributed by atoms with van der Waals surface area (Å²) in [5.74, 6) is 1.98. The lowest BCUT2D eigenvalue weighted by Gasteiger charge is -2.19. The molecule has 0 spiro atoms. The summed E-state index contributed by atoms with van der Waals surface area (Å²) in [6, 6.07) is 0. The van der Waals surface area contributed by atoms with Crippen molar-refractivity contribution in [2.24, 2.45) is 71.0 Å². The Morgan fingerprint density at radius 1 is 0.292 bits per heavy atom. The van der Waals surface area contributed by atoms with Gasteiger partial charge in [0.15, 0.2) is 0 Å². The van der Waals surface area contributed by atoms with Crippen LogP contribution in [0.1, 0.15) is 234 Å². The fourth-order valence-electron chi connectivity index (χ4n) is 14.3. The molecular weight excluding hydrogens is 1220 g/mol. The molecule has 6 fully saturated rings. The number of carbonyl (C=O) groups excluding carboxylic acids is 8. The number of ketones is 2. The number of allylic oxidation sites excluding steroid dienone is 12. The Hall–Kier alpha value is -5.56. The molecule has 0 heterocycles. The fraction of sp³-hybridized carbons (Fsp3) is 0.744. The van der Waals surface area contributed by atoms with Crippen molar-refractivity contribution in [1.29, 1.82) is 0 Å². The van der Waals surface area contributed by atoms with Crippen LogP contribution in [0.25, 0.3) is 0 Å². The van der Waals surface area contributed by atoms with Crippen LogP contribution in [0.4, 0.5) is 0 Å². The van der Waals surface area contributed by atoms with E-state index in [1.54, 1.807) is 0 Å². The molecule has 18 heteroatoms. The lowest BCUT2D eigenvalue weighted by Crippen LogP contribution is -2.21. The SMILES string of the molecule is CC/C=C\C[C@@H]1C(=O)CC[C@@H]1CC(=O)OC.CC/C=C\C[C@@H]1[C@@H](CC(=O)OC)CC[C@@H]1O.CC/C=C\C[C@@H]1[C@@H](CC(=O)OC)CC[C@H]1O.CC/C=C\C[C@H]1C(=O)CC[C@@H]1CC(=O)OC.CC/C=C\C[C@H]1[C@@H](CC(=O)OC)CC[C@@H]1O.CC/C=C\C[C@H]1[C@@H](CC(=O)OC)CC[C@H]1O. The highest BCUT2D eigenvalue weighted by molar-refractivity contribution is 5.85. The quantitative estimate of drug-likeness (QED) is 0.0295. The van der Waals surface area contributed by atoms with Crippen molar-refractivity contribution in [3.8, 4) is 0 Å². The van der Waals surface area contributed by atoms with Gasteiger partial charge in [0.2, 0.25) is 0 Å². The van der Waals surface area contributed by atoms with Gasteiger partial charge in [-0.3, -0.25) is 38.4 Å².